The fraction of sp³-hybridized carbons (Fsp3) is 0.667. The van der Waals surface area contributed by atoms with Crippen LogP contribution in [0, 0.1) is 11.8 Å². The molecule has 1 aromatic rings. The maximum Gasteiger partial charge on any atom is 0.309 e. The number of ether oxygens (including phenoxy) is 4. The van der Waals surface area contributed by atoms with Gasteiger partial charge in [0.1, 0.15) is 23.9 Å². The van der Waals surface area contributed by atoms with Gasteiger partial charge in [0.2, 0.25) is 0 Å². The average Bonchev–Trinajstić information content (AvgIpc) is 3.84. The Balaban J connectivity index is 1.88. The van der Waals surface area contributed by atoms with Crippen LogP contribution < -0.4 is 5.32 Å². The Kier molecular flexibility index (Phi) is 15.5. The number of hydrogen-bond donors (Lipinski definition) is 4. The second-order valence-corrected chi connectivity index (χ2v) is 16.3. The van der Waals surface area contributed by atoms with E-state index in [1.165, 1.54) is 12.5 Å². The minimum absolute atomic E-state index is 0.0351. The molecule has 0 radical (unpaired) electrons. The molecule has 1 saturated heterocycles. The molecule has 2 aliphatic rings. The first-order valence-electron chi connectivity index (χ1n) is 18.7. The molecule has 0 aromatic heterocycles. The summed E-state index contributed by atoms with van der Waals surface area (Å²) in [5, 5.41) is 37.2. The Morgan fingerprint density at radius 3 is 2.37 bits per heavy atom. The van der Waals surface area contributed by atoms with Crippen molar-refractivity contribution >= 4 is 11.9 Å². The van der Waals surface area contributed by atoms with Gasteiger partial charge in [-0.25, -0.2) is 0 Å². The molecule has 52 heavy (non-hydrogen) atoms. The number of benzene rings is 1. The van der Waals surface area contributed by atoms with Crippen molar-refractivity contribution in [1.29, 1.82) is 0 Å². The second kappa shape index (κ2) is 18.5. The summed E-state index contributed by atoms with van der Waals surface area (Å²) < 4.78 is 23.3. The molecule has 0 spiro atoms. The predicted octanol–water partition coefficient (Wildman–Crippen LogP) is 5.86. The number of aliphatic hydroxyl groups excluding tert-OH is 1. The number of carbonyl (C=O) groups is 2. The first-order chi connectivity index (χ1) is 24.2. The molecule has 1 fully saturated rings. The van der Waals surface area contributed by atoms with Crippen molar-refractivity contribution in [2.45, 2.75) is 161 Å². The fourth-order valence-corrected chi connectivity index (χ4v) is 7.02. The molecule has 10 nitrogen and oxygen atoms in total. The molecule has 2 aliphatic heterocycles. The number of aliphatic hydroxyl groups is 3. The van der Waals surface area contributed by atoms with Crippen LogP contribution in [0.2, 0.25) is 0 Å². The monoisotopic (exact) mass is 727 g/mol. The smallest absolute Gasteiger partial charge is 0.309 e. The highest BCUT2D eigenvalue weighted by Crippen LogP contribution is 2.39. The van der Waals surface area contributed by atoms with E-state index in [0.717, 1.165) is 12.0 Å². The van der Waals surface area contributed by atoms with Crippen molar-refractivity contribution in [3.8, 4) is 0 Å². The van der Waals surface area contributed by atoms with Gasteiger partial charge in [-0.3, -0.25) is 9.59 Å². The summed E-state index contributed by atoms with van der Waals surface area (Å²) in [4.78, 5) is 24.8. The third-order valence-electron chi connectivity index (χ3n) is 10.5. The van der Waals surface area contributed by atoms with Gasteiger partial charge in [-0.1, -0.05) is 90.1 Å². The van der Waals surface area contributed by atoms with Crippen LogP contribution in [0.25, 0.3) is 0 Å². The van der Waals surface area contributed by atoms with E-state index < -0.39 is 47.5 Å². The molecular weight excluding hydrogens is 662 g/mol. The van der Waals surface area contributed by atoms with Gasteiger partial charge in [0, 0.05) is 32.4 Å². The number of methoxy groups -OCH3 is 1. The first-order valence-corrected chi connectivity index (χ1v) is 18.7. The number of hydrogen-bond acceptors (Lipinski definition) is 10. The zero-order valence-corrected chi connectivity index (χ0v) is 33.2. The van der Waals surface area contributed by atoms with E-state index in [9.17, 15) is 24.9 Å². The zero-order valence-electron chi connectivity index (χ0n) is 33.2. The van der Waals surface area contributed by atoms with E-state index in [0.29, 0.717) is 12.1 Å². The molecule has 2 heterocycles. The van der Waals surface area contributed by atoms with Gasteiger partial charge in [0.15, 0.2) is 0 Å². The van der Waals surface area contributed by atoms with Gasteiger partial charge in [0.25, 0.3) is 0 Å². The molecule has 0 bridgehead atoms. The lowest BCUT2D eigenvalue weighted by Gasteiger charge is -2.32. The number of cyclic esters (lactones) is 1. The summed E-state index contributed by atoms with van der Waals surface area (Å²) in [5.74, 6) is -1.36. The second-order valence-electron chi connectivity index (χ2n) is 16.3. The Hall–Kier alpha value is -2.86. The lowest BCUT2D eigenvalue weighted by Crippen LogP contribution is -2.52. The largest absolute Gasteiger partial charge is 0.457 e. The SMILES string of the molecule is CC[C@H](OC)[C@@H](C)C1O[C@@H]1C(NCc1ccc(C(C)(C)C)cc1)C(C)(O)C=CC=C(C)[C@H]1OC(=O)C[C@H](O)CC[C@@](C)(O)[C@@H](OC(C)=O)C=C[C@@H]1C. The molecule has 4 N–H and O–H groups in total. The van der Waals surface area contributed by atoms with Gasteiger partial charge < -0.3 is 39.6 Å². The van der Waals surface area contributed by atoms with Crippen LogP contribution in [-0.4, -0.2) is 88.2 Å². The summed E-state index contributed by atoms with van der Waals surface area (Å²) in [6, 6.07) is 8.07. The number of epoxide rings is 1. The third kappa shape index (κ3) is 12.4. The molecule has 0 aliphatic carbocycles. The summed E-state index contributed by atoms with van der Waals surface area (Å²) in [7, 11) is 1.72. The average molecular weight is 728 g/mol. The molecular formula is C42H65NO9. The van der Waals surface area contributed by atoms with E-state index in [2.05, 4.69) is 64.2 Å². The summed E-state index contributed by atoms with van der Waals surface area (Å²) >= 11 is 0. The molecule has 292 valence electrons. The number of esters is 2. The van der Waals surface area contributed by atoms with Crippen molar-refractivity contribution < 1.29 is 43.9 Å². The number of nitrogens with one attached hydrogen (secondary N) is 1. The fourth-order valence-electron chi connectivity index (χ4n) is 7.02. The Labute approximate surface area is 311 Å². The minimum Gasteiger partial charge on any atom is -0.457 e. The van der Waals surface area contributed by atoms with Crippen LogP contribution in [0.3, 0.4) is 0 Å². The van der Waals surface area contributed by atoms with Gasteiger partial charge in [-0.2, -0.15) is 0 Å². The number of allylic oxidation sites excluding steroid dienone is 2. The Morgan fingerprint density at radius 2 is 1.79 bits per heavy atom. The maximum absolute atomic E-state index is 12.9. The van der Waals surface area contributed by atoms with E-state index in [-0.39, 0.29) is 54.8 Å². The Morgan fingerprint density at radius 1 is 1.13 bits per heavy atom. The van der Waals surface area contributed by atoms with E-state index in [1.807, 2.05) is 13.8 Å². The van der Waals surface area contributed by atoms with Crippen LogP contribution in [0.4, 0.5) is 0 Å². The van der Waals surface area contributed by atoms with E-state index in [4.69, 9.17) is 18.9 Å². The lowest BCUT2D eigenvalue weighted by atomic mass is 9.86. The number of rotatable bonds is 13. The normalized spacial score (nSPS) is 30.7. The maximum atomic E-state index is 12.9. The van der Waals surface area contributed by atoms with Crippen molar-refractivity contribution in [2.24, 2.45) is 11.8 Å². The standard InChI is InChI=1S/C42H65NO9/c1-12-33(49-11)28(4)37-38(52-37)39(43-25-30-16-18-31(19-17-30)40(6,7)8)42(10,48)22-13-14-26(2)36-27(3)15-20-34(50-29(5)44)41(9,47)23-21-32(45)24-35(46)51-36/h13-20,22,27-28,32-34,36-39,43,45,47-48H,12,21,23-25H2,1-11H3/t27-,28+,32+,33-,34-,36+,37?,38-,39?,41+,42?/m0/s1. The summed E-state index contributed by atoms with van der Waals surface area (Å²) in [6.45, 7) is 19.6. The molecule has 3 unspecified atom stereocenters. The quantitative estimate of drug-likeness (QED) is 0.0844. The van der Waals surface area contributed by atoms with E-state index >= 15 is 0 Å². The van der Waals surface area contributed by atoms with Crippen molar-refractivity contribution in [2.75, 3.05) is 7.11 Å². The van der Waals surface area contributed by atoms with E-state index in [1.54, 1.807) is 51.3 Å². The lowest BCUT2D eigenvalue weighted by molar-refractivity contribution is -0.157. The third-order valence-corrected chi connectivity index (χ3v) is 10.5. The highest BCUT2D eigenvalue weighted by Gasteiger charge is 2.54. The summed E-state index contributed by atoms with van der Waals surface area (Å²) in [6.07, 6.45) is 6.48. The van der Waals surface area contributed by atoms with Crippen LogP contribution in [0.5, 0.6) is 0 Å². The van der Waals surface area contributed by atoms with Gasteiger partial charge in [0.05, 0.1) is 36.4 Å². The first kappa shape index (κ1) is 43.5. The van der Waals surface area contributed by atoms with Crippen molar-refractivity contribution in [3.63, 3.8) is 0 Å². The van der Waals surface area contributed by atoms with Gasteiger partial charge in [-0.05, 0) is 68.2 Å². The van der Waals surface area contributed by atoms with Crippen LogP contribution in [-0.2, 0) is 40.5 Å². The van der Waals surface area contributed by atoms with Crippen LogP contribution in [0.1, 0.15) is 106 Å². The zero-order chi connectivity index (χ0) is 39.0. The van der Waals surface area contributed by atoms with Crippen LogP contribution in [0.15, 0.2) is 60.2 Å². The highest BCUT2D eigenvalue weighted by atomic mass is 16.6. The molecule has 0 amide bonds. The van der Waals surface area contributed by atoms with Crippen LogP contribution >= 0.6 is 0 Å². The summed E-state index contributed by atoms with van der Waals surface area (Å²) in [5.41, 5.74) is 0.297. The highest BCUT2D eigenvalue weighted by molar-refractivity contribution is 5.70. The van der Waals surface area contributed by atoms with Crippen molar-refractivity contribution in [1.82, 2.24) is 5.32 Å². The minimum atomic E-state index is -1.45. The molecule has 0 saturated carbocycles. The molecule has 3 rings (SSSR count). The van der Waals surface area contributed by atoms with Gasteiger partial charge in [-0.15, -0.1) is 0 Å². The molecule has 1 aromatic carbocycles. The molecule has 10 heteroatoms. The van der Waals surface area contributed by atoms with Crippen molar-refractivity contribution in [3.05, 3.63) is 71.3 Å². The Bertz CT molecular complexity index is 1400. The topological polar surface area (TPSA) is 147 Å². The number of carbonyl (C=O) groups excluding carboxylic acids is 2. The predicted molar refractivity (Wildman–Crippen MR) is 202 cm³/mol. The molecule has 11 atom stereocenters. The van der Waals surface area contributed by atoms with Gasteiger partial charge >= 0.3 is 11.9 Å².